The molecule has 0 bridgehead atoms. The Bertz CT molecular complexity index is 987. The third-order valence-electron chi connectivity index (χ3n) is 5.66. The Morgan fingerprint density at radius 3 is 2.14 bits per heavy atom. The number of anilines is 1. The molecule has 8 nitrogen and oxygen atoms in total. The van der Waals surface area contributed by atoms with Gasteiger partial charge in [0.15, 0.2) is 0 Å². The number of thioether (sulfide) groups is 1. The average Bonchev–Trinajstić information content (AvgIpc) is 2.86. The first-order chi connectivity index (χ1) is 17.3. The van der Waals surface area contributed by atoms with Gasteiger partial charge in [-0.15, -0.1) is 0 Å². The van der Waals surface area contributed by atoms with Crippen molar-refractivity contribution in [3.8, 4) is 0 Å². The fourth-order valence-electron chi connectivity index (χ4n) is 3.92. The van der Waals surface area contributed by atoms with Gasteiger partial charge < -0.3 is 15.7 Å². The summed E-state index contributed by atoms with van der Waals surface area (Å²) in [5, 5.41) is 15.5. The maximum atomic E-state index is 14.0. The summed E-state index contributed by atoms with van der Waals surface area (Å²) in [7, 11) is 0. The number of rotatable bonds is 15. The normalized spacial score (nSPS) is 13.3. The van der Waals surface area contributed by atoms with E-state index in [9.17, 15) is 24.3 Å². The van der Waals surface area contributed by atoms with Gasteiger partial charge in [-0.2, -0.15) is 11.8 Å². The van der Waals surface area contributed by atoms with E-state index in [4.69, 9.17) is 0 Å². The minimum Gasteiger partial charge on any atom is -0.480 e. The van der Waals surface area contributed by atoms with Crippen LogP contribution in [0.2, 0.25) is 0 Å². The van der Waals surface area contributed by atoms with Crippen molar-refractivity contribution in [3.63, 3.8) is 0 Å². The van der Waals surface area contributed by atoms with Crippen molar-refractivity contribution in [2.75, 3.05) is 16.9 Å². The zero-order valence-electron chi connectivity index (χ0n) is 20.9. The second-order valence-electron chi connectivity index (χ2n) is 8.90. The fraction of sp³-hybridized carbons (Fsp3) is 0.407. The number of hydrogen-bond acceptors (Lipinski definition) is 5. The smallest absolute Gasteiger partial charge is 0.327 e. The zero-order chi connectivity index (χ0) is 26.5. The van der Waals surface area contributed by atoms with Crippen LogP contribution in [0.15, 0.2) is 60.7 Å². The summed E-state index contributed by atoms with van der Waals surface area (Å²) in [4.78, 5) is 51.9. The summed E-state index contributed by atoms with van der Waals surface area (Å²) in [6.07, 6.45) is 3.19. The summed E-state index contributed by atoms with van der Waals surface area (Å²) >= 11 is 1.54. The van der Waals surface area contributed by atoms with Crippen LogP contribution in [0.25, 0.3) is 0 Å². The van der Waals surface area contributed by atoms with E-state index in [0.29, 0.717) is 30.7 Å². The minimum absolute atomic E-state index is 0.0398. The number of carboxylic acids is 1. The monoisotopic (exact) mass is 513 g/mol. The van der Waals surface area contributed by atoms with E-state index < -0.39 is 35.9 Å². The first-order valence-electron chi connectivity index (χ1n) is 11.9. The highest BCUT2D eigenvalue weighted by Crippen LogP contribution is 2.23. The lowest BCUT2D eigenvalue weighted by molar-refractivity contribution is -0.140. The van der Waals surface area contributed by atoms with Crippen LogP contribution in [-0.4, -0.2) is 59.4 Å². The molecule has 0 radical (unpaired) electrons. The molecule has 194 valence electrons. The highest BCUT2D eigenvalue weighted by atomic mass is 32.2. The maximum absolute atomic E-state index is 14.0. The quantitative estimate of drug-likeness (QED) is 0.315. The van der Waals surface area contributed by atoms with Crippen molar-refractivity contribution < 1.29 is 24.3 Å². The summed E-state index contributed by atoms with van der Waals surface area (Å²) < 4.78 is 0. The lowest BCUT2D eigenvalue weighted by Crippen LogP contribution is -2.57. The average molecular weight is 514 g/mol. The van der Waals surface area contributed by atoms with Crippen LogP contribution in [0.5, 0.6) is 0 Å². The number of hydrogen-bond donors (Lipinski definition) is 3. The number of carbonyl (C=O) groups excluding carboxylic acids is 3. The first kappa shape index (κ1) is 28.9. The fourth-order valence-corrected chi connectivity index (χ4v) is 4.39. The van der Waals surface area contributed by atoms with Gasteiger partial charge in [-0.1, -0.05) is 62.4 Å². The van der Waals surface area contributed by atoms with Crippen molar-refractivity contribution in [1.29, 1.82) is 0 Å². The molecule has 0 heterocycles. The standard InChI is InChI=1S/C27H35N3O5S/c1-19(2)16-23(29-25(32)22(28-18-31)14-15-36-3)26(33)30(21-12-8-5-9-13-21)24(27(34)35)17-20-10-6-4-7-11-20/h4-13,18-19,22-24H,14-17H2,1-3H3,(H,28,31)(H,29,32)(H,34,35)/t22-,23-,24-/m0/s1. The number of carbonyl (C=O) groups is 4. The van der Waals surface area contributed by atoms with E-state index in [-0.39, 0.29) is 12.3 Å². The Labute approximate surface area is 216 Å². The van der Waals surface area contributed by atoms with Crippen LogP contribution in [0.3, 0.4) is 0 Å². The Morgan fingerprint density at radius 2 is 1.61 bits per heavy atom. The van der Waals surface area contributed by atoms with Crippen LogP contribution in [0.4, 0.5) is 5.69 Å². The van der Waals surface area contributed by atoms with Gasteiger partial charge >= 0.3 is 5.97 Å². The molecule has 0 aromatic heterocycles. The number of amides is 3. The van der Waals surface area contributed by atoms with Gasteiger partial charge in [0.2, 0.25) is 18.2 Å². The molecule has 0 fully saturated rings. The lowest BCUT2D eigenvalue weighted by atomic mass is 9.98. The molecule has 0 aliphatic heterocycles. The van der Waals surface area contributed by atoms with E-state index in [2.05, 4.69) is 10.6 Å². The molecule has 3 N–H and O–H groups in total. The molecular weight excluding hydrogens is 478 g/mol. The minimum atomic E-state index is -1.19. The molecule has 0 unspecified atom stereocenters. The molecule has 36 heavy (non-hydrogen) atoms. The number of carboxylic acid groups (broad SMARTS) is 1. The van der Waals surface area contributed by atoms with Crippen molar-refractivity contribution in [1.82, 2.24) is 10.6 Å². The van der Waals surface area contributed by atoms with Gasteiger partial charge in [-0.25, -0.2) is 4.79 Å². The van der Waals surface area contributed by atoms with E-state index >= 15 is 0 Å². The molecular formula is C27H35N3O5S. The number of para-hydroxylation sites is 1. The molecule has 0 saturated heterocycles. The van der Waals surface area contributed by atoms with E-state index in [0.717, 1.165) is 5.56 Å². The Balaban J connectivity index is 2.44. The summed E-state index contributed by atoms with van der Waals surface area (Å²) in [6.45, 7) is 3.85. The van der Waals surface area contributed by atoms with Crippen molar-refractivity contribution in [2.45, 2.75) is 51.2 Å². The topological polar surface area (TPSA) is 116 Å². The third kappa shape index (κ3) is 8.71. The Hall–Kier alpha value is -3.33. The van der Waals surface area contributed by atoms with Crippen LogP contribution < -0.4 is 15.5 Å². The van der Waals surface area contributed by atoms with Crippen LogP contribution in [0, 0.1) is 5.92 Å². The largest absolute Gasteiger partial charge is 0.480 e. The summed E-state index contributed by atoms with van der Waals surface area (Å²) in [5.41, 5.74) is 1.20. The van der Waals surface area contributed by atoms with Gasteiger partial charge in [0.05, 0.1) is 0 Å². The van der Waals surface area contributed by atoms with Crippen molar-refractivity contribution in [3.05, 3.63) is 66.2 Å². The molecule has 2 aromatic rings. The van der Waals surface area contributed by atoms with Crippen LogP contribution in [-0.2, 0) is 25.6 Å². The van der Waals surface area contributed by atoms with E-state index in [1.54, 1.807) is 42.1 Å². The van der Waals surface area contributed by atoms with Crippen molar-refractivity contribution in [2.24, 2.45) is 5.92 Å². The SMILES string of the molecule is CSCC[C@H](NC=O)C(=O)N[C@@H](CC(C)C)C(=O)N(c1ccccc1)[C@@H](Cc1ccccc1)C(=O)O. The first-order valence-corrected chi connectivity index (χ1v) is 13.3. The molecule has 0 spiro atoms. The second kappa shape index (κ2) is 14.9. The number of aliphatic carboxylic acids is 1. The highest BCUT2D eigenvalue weighted by Gasteiger charge is 2.36. The third-order valence-corrected chi connectivity index (χ3v) is 6.30. The predicted octanol–water partition coefficient (Wildman–Crippen LogP) is 3.11. The van der Waals surface area contributed by atoms with Gasteiger partial charge in [-0.05, 0) is 48.5 Å². The number of nitrogens with zero attached hydrogens (tertiary/aromatic N) is 1. The molecule has 2 rings (SSSR count). The molecule has 0 aliphatic carbocycles. The molecule has 3 amide bonds. The highest BCUT2D eigenvalue weighted by molar-refractivity contribution is 7.98. The molecule has 0 saturated carbocycles. The number of nitrogens with one attached hydrogen (secondary N) is 2. The Kier molecular flexibility index (Phi) is 12.0. The Morgan fingerprint density at radius 1 is 1.00 bits per heavy atom. The second-order valence-corrected chi connectivity index (χ2v) is 9.88. The van der Waals surface area contributed by atoms with Gasteiger partial charge in [-0.3, -0.25) is 19.3 Å². The van der Waals surface area contributed by atoms with Gasteiger partial charge in [0.25, 0.3) is 0 Å². The maximum Gasteiger partial charge on any atom is 0.327 e. The molecule has 3 atom stereocenters. The lowest BCUT2D eigenvalue weighted by Gasteiger charge is -2.33. The van der Waals surface area contributed by atoms with Crippen molar-refractivity contribution >= 4 is 41.6 Å². The van der Waals surface area contributed by atoms with Crippen LogP contribution >= 0.6 is 11.8 Å². The molecule has 2 aromatic carbocycles. The van der Waals surface area contributed by atoms with E-state index in [1.807, 2.05) is 50.4 Å². The van der Waals surface area contributed by atoms with Gasteiger partial charge in [0.1, 0.15) is 18.1 Å². The van der Waals surface area contributed by atoms with Gasteiger partial charge in [0, 0.05) is 12.1 Å². The molecule has 0 aliphatic rings. The number of benzene rings is 2. The summed E-state index contributed by atoms with van der Waals surface area (Å²) in [5.74, 6) is -1.45. The van der Waals surface area contributed by atoms with E-state index in [1.165, 1.54) is 4.90 Å². The molecule has 9 heteroatoms. The van der Waals surface area contributed by atoms with Crippen LogP contribution in [0.1, 0.15) is 32.3 Å². The summed E-state index contributed by atoms with van der Waals surface area (Å²) in [6, 6.07) is 14.8. The zero-order valence-corrected chi connectivity index (χ0v) is 21.7. The predicted molar refractivity (Wildman–Crippen MR) is 143 cm³/mol.